The van der Waals surface area contributed by atoms with Crippen LogP contribution in [0.5, 0.6) is 0 Å². The average molecular weight is 188 g/mol. The highest BCUT2D eigenvalue weighted by atomic mass is 15.1. The van der Waals surface area contributed by atoms with Crippen molar-refractivity contribution in [3.63, 3.8) is 0 Å². The number of hydrogen-bond donors (Lipinski definition) is 2. The summed E-state index contributed by atoms with van der Waals surface area (Å²) in [4.78, 5) is 4.05. The van der Waals surface area contributed by atoms with E-state index >= 15 is 0 Å². The van der Waals surface area contributed by atoms with Gasteiger partial charge in [0, 0.05) is 23.0 Å². The van der Waals surface area contributed by atoms with Crippen LogP contribution in [0.3, 0.4) is 0 Å². The lowest BCUT2D eigenvalue weighted by Crippen LogP contribution is -1.90. The number of aromatic amines is 1. The van der Waals surface area contributed by atoms with E-state index in [0.29, 0.717) is 5.82 Å². The first-order valence-corrected chi connectivity index (χ1v) is 4.42. The summed E-state index contributed by atoms with van der Waals surface area (Å²) < 4.78 is 0. The maximum atomic E-state index is 5.52. The summed E-state index contributed by atoms with van der Waals surface area (Å²) in [7, 11) is 0. The number of aromatic nitrogens is 3. The van der Waals surface area contributed by atoms with Gasteiger partial charge in [-0.1, -0.05) is 0 Å². The molecule has 2 aromatic heterocycles. The van der Waals surface area contributed by atoms with Gasteiger partial charge in [0.1, 0.15) is 5.82 Å². The number of anilines is 1. The van der Waals surface area contributed by atoms with Crippen molar-refractivity contribution >= 4 is 5.82 Å². The lowest BCUT2D eigenvalue weighted by Gasteiger charge is -2.00. The molecule has 2 heterocycles. The van der Waals surface area contributed by atoms with Crippen LogP contribution in [0, 0.1) is 13.8 Å². The van der Waals surface area contributed by atoms with Crippen molar-refractivity contribution in [2.75, 3.05) is 5.73 Å². The zero-order valence-corrected chi connectivity index (χ0v) is 8.20. The zero-order chi connectivity index (χ0) is 10.1. The van der Waals surface area contributed by atoms with Gasteiger partial charge >= 0.3 is 0 Å². The minimum atomic E-state index is 0.535. The number of nitrogens with zero attached hydrogens (tertiary/aromatic N) is 2. The Bertz CT molecular complexity index is 422. The molecule has 0 aliphatic carbocycles. The molecule has 2 rings (SSSR count). The first-order chi connectivity index (χ1) is 6.68. The predicted octanol–water partition coefficient (Wildman–Crippen LogP) is 1.67. The van der Waals surface area contributed by atoms with Crippen molar-refractivity contribution in [2.45, 2.75) is 13.8 Å². The van der Waals surface area contributed by atoms with Crippen LogP contribution in [0.2, 0.25) is 0 Å². The lowest BCUT2D eigenvalue weighted by atomic mass is 10.1. The molecule has 14 heavy (non-hydrogen) atoms. The van der Waals surface area contributed by atoms with Crippen LogP contribution < -0.4 is 5.73 Å². The van der Waals surface area contributed by atoms with Crippen LogP contribution in [0.15, 0.2) is 18.3 Å². The summed E-state index contributed by atoms with van der Waals surface area (Å²) >= 11 is 0. The van der Waals surface area contributed by atoms with Gasteiger partial charge in [-0.25, -0.2) is 4.98 Å². The number of rotatable bonds is 1. The van der Waals surface area contributed by atoms with E-state index in [4.69, 9.17) is 5.73 Å². The van der Waals surface area contributed by atoms with E-state index in [1.807, 2.05) is 19.9 Å². The Kier molecular flexibility index (Phi) is 1.96. The van der Waals surface area contributed by atoms with Crippen LogP contribution in [0.1, 0.15) is 11.4 Å². The summed E-state index contributed by atoms with van der Waals surface area (Å²) in [5.74, 6) is 0.535. The highest BCUT2D eigenvalue weighted by molar-refractivity contribution is 5.68. The summed E-state index contributed by atoms with van der Waals surface area (Å²) in [6.07, 6.45) is 1.76. The molecule has 2 aromatic rings. The molecule has 0 spiro atoms. The second-order valence-electron chi connectivity index (χ2n) is 3.28. The molecule has 0 unspecified atom stereocenters. The van der Waals surface area contributed by atoms with Crippen LogP contribution in [-0.2, 0) is 0 Å². The van der Waals surface area contributed by atoms with Gasteiger partial charge in [-0.05, 0) is 26.0 Å². The molecule has 4 heteroatoms. The molecular formula is C10H12N4. The van der Waals surface area contributed by atoms with E-state index in [0.717, 1.165) is 22.5 Å². The minimum Gasteiger partial charge on any atom is -0.384 e. The number of hydrogen-bond acceptors (Lipinski definition) is 3. The van der Waals surface area contributed by atoms with E-state index < -0.39 is 0 Å². The van der Waals surface area contributed by atoms with Crippen LogP contribution in [-0.4, -0.2) is 15.2 Å². The Morgan fingerprint density at radius 3 is 2.57 bits per heavy atom. The Labute approximate surface area is 82.2 Å². The first-order valence-electron chi connectivity index (χ1n) is 4.42. The molecule has 0 aliphatic heterocycles. The van der Waals surface area contributed by atoms with Gasteiger partial charge in [0.05, 0.1) is 5.69 Å². The molecule has 0 aliphatic rings. The van der Waals surface area contributed by atoms with E-state index in [1.165, 1.54) is 0 Å². The largest absolute Gasteiger partial charge is 0.384 e. The number of aryl methyl sites for hydroxylation is 2. The van der Waals surface area contributed by atoms with Crippen molar-refractivity contribution in [1.29, 1.82) is 0 Å². The molecule has 0 saturated carbocycles. The molecule has 3 N–H and O–H groups in total. The molecule has 0 aromatic carbocycles. The van der Waals surface area contributed by atoms with Gasteiger partial charge in [-0.3, -0.25) is 5.10 Å². The number of nitrogen functional groups attached to an aromatic ring is 1. The quantitative estimate of drug-likeness (QED) is 0.715. The third-order valence-electron chi connectivity index (χ3n) is 2.20. The standard InChI is InChI=1S/C10H12N4/c1-6-10(7(2)14-13-6)8-3-4-9(11)12-5-8/h3-5H,1-2H3,(H2,11,12)(H,13,14). The number of nitrogens with one attached hydrogen (secondary N) is 1. The van der Waals surface area contributed by atoms with Crippen LogP contribution in [0.25, 0.3) is 11.1 Å². The molecule has 0 radical (unpaired) electrons. The van der Waals surface area contributed by atoms with E-state index in [2.05, 4.69) is 15.2 Å². The van der Waals surface area contributed by atoms with Crippen molar-refractivity contribution in [1.82, 2.24) is 15.2 Å². The Balaban J connectivity index is 2.54. The van der Waals surface area contributed by atoms with Gasteiger partial charge in [0.2, 0.25) is 0 Å². The van der Waals surface area contributed by atoms with Gasteiger partial charge < -0.3 is 5.73 Å². The van der Waals surface area contributed by atoms with Gasteiger partial charge in [0.25, 0.3) is 0 Å². The molecule has 0 bridgehead atoms. The van der Waals surface area contributed by atoms with Crippen molar-refractivity contribution in [3.8, 4) is 11.1 Å². The number of nitrogens with two attached hydrogens (primary N) is 1. The second-order valence-corrected chi connectivity index (χ2v) is 3.28. The molecule has 0 atom stereocenters. The van der Waals surface area contributed by atoms with Crippen molar-refractivity contribution in [2.24, 2.45) is 0 Å². The third-order valence-corrected chi connectivity index (χ3v) is 2.20. The van der Waals surface area contributed by atoms with Crippen LogP contribution in [0.4, 0.5) is 5.82 Å². The summed E-state index contributed by atoms with van der Waals surface area (Å²) in [5, 5.41) is 7.07. The fraction of sp³-hybridized carbons (Fsp3) is 0.200. The van der Waals surface area contributed by atoms with Gasteiger partial charge in [0.15, 0.2) is 0 Å². The molecule has 72 valence electrons. The monoisotopic (exact) mass is 188 g/mol. The normalized spacial score (nSPS) is 10.4. The second kappa shape index (κ2) is 3.14. The predicted molar refractivity (Wildman–Crippen MR) is 55.7 cm³/mol. The molecule has 0 amide bonds. The zero-order valence-electron chi connectivity index (χ0n) is 8.20. The Morgan fingerprint density at radius 2 is 2.07 bits per heavy atom. The van der Waals surface area contributed by atoms with Gasteiger partial charge in [-0.15, -0.1) is 0 Å². The maximum absolute atomic E-state index is 5.52. The van der Waals surface area contributed by atoms with Gasteiger partial charge in [-0.2, -0.15) is 5.10 Å². The van der Waals surface area contributed by atoms with Crippen molar-refractivity contribution in [3.05, 3.63) is 29.7 Å². The third kappa shape index (κ3) is 1.35. The fourth-order valence-corrected chi connectivity index (χ4v) is 1.53. The fourth-order valence-electron chi connectivity index (χ4n) is 1.53. The van der Waals surface area contributed by atoms with Crippen LogP contribution >= 0.6 is 0 Å². The average Bonchev–Trinajstić information content (AvgIpc) is 2.49. The molecule has 0 fully saturated rings. The van der Waals surface area contributed by atoms with E-state index in [9.17, 15) is 0 Å². The molecule has 0 saturated heterocycles. The summed E-state index contributed by atoms with van der Waals surface area (Å²) in [6.45, 7) is 3.96. The SMILES string of the molecule is Cc1n[nH]c(C)c1-c1ccc(N)nc1. The Morgan fingerprint density at radius 1 is 1.29 bits per heavy atom. The first kappa shape index (κ1) is 8.74. The number of H-pyrrole nitrogens is 1. The topological polar surface area (TPSA) is 67.6 Å². The maximum Gasteiger partial charge on any atom is 0.123 e. The van der Waals surface area contributed by atoms with Crippen molar-refractivity contribution < 1.29 is 0 Å². The highest BCUT2D eigenvalue weighted by Crippen LogP contribution is 2.24. The highest BCUT2D eigenvalue weighted by Gasteiger charge is 2.08. The summed E-state index contributed by atoms with van der Waals surface area (Å²) in [5.41, 5.74) is 9.71. The molecule has 4 nitrogen and oxygen atoms in total. The lowest BCUT2D eigenvalue weighted by molar-refractivity contribution is 1.02. The number of pyridine rings is 1. The van der Waals surface area contributed by atoms with E-state index in [-0.39, 0.29) is 0 Å². The minimum absolute atomic E-state index is 0.535. The van der Waals surface area contributed by atoms with E-state index in [1.54, 1.807) is 12.3 Å². The summed E-state index contributed by atoms with van der Waals surface area (Å²) in [6, 6.07) is 3.74. The Hall–Kier alpha value is -1.84. The molecular weight excluding hydrogens is 176 g/mol. The smallest absolute Gasteiger partial charge is 0.123 e.